The zero-order valence-electron chi connectivity index (χ0n) is 9.14. The number of hydrogen-bond donors (Lipinski definition) is 0. The summed E-state index contributed by atoms with van der Waals surface area (Å²) in [5.41, 5.74) is 6.44. The van der Waals surface area contributed by atoms with Crippen molar-refractivity contribution < 1.29 is 0 Å². The third kappa shape index (κ3) is 1.36. The minimum absolute atomic E-state index is 1.20. The minimum atomic E-state index is 1.20. The van der Waals surface area contributed by atoms with E-state index in [4.69, 9.17) is 0 Å². The van der Waals surface area contributed by atoms with Gasteiger partial charge in [-0.1, -0.05) is 35.9 Å². The number of fused-ring (bicyclic) bond motifs is 1. The van der Waals surface area contributed by atoms with Crippen LogP contribution in [0.4, 0.5) is 0 Å². The maximum Gasteiger partial charge on any atom is 0.0346 e. The first-order chi connectivity index (χ1) is 7.86. The number of hydrogen-bond acceptors (Lipinski definition) is 1. The van der Waals surface area contributed by atoms with Crippen molar-refractivity contribution >= 4 is 5.57 Å². The Morgan fingerprint density at radius 3 is 2.69 bits per heavy atom. The van der Waals surface area contributed by atoms with Gasteiger partial charge in [-0.3, -0.25) is 4.98 Å². The molecule has 1 nitrogen and oxygen atoms in total. The van der Waals surface area contributed by atoms with Gasteiger partial charge in [-0.2, -0.15) is 0 Å². The standard InChI is InChI=1S/C15H12N/c1-11-9-12-5-2-3-7-14(12)15(11)13-6-4-8-16-10-13/h2-10H,1H3. The highest BCUT2D eigenvalue weighted by Gasteiger charge is 2.19. The Labute approximate surface area is 95.5 Å². The summed E-state index contributed by atoms with van der Waals surface area (Å²) < 4.78 is 0. The van der Waals surface area contributed by atoms with Gasteiger partial charge in [-0.05, 0) is 29.7 Å². The number of allylic oxidation sites excluding steroid dienone is 1. The molecule has 3 rings (SSSR count). The second-order valence-electron chi connectivity index (χ2n) is 4.03. The molecule has 1 aliphatic carbocycles. The summed E-state index contributed by atoms with van der Waals surface area (Å²) in [6.07, 6.45) is 5.97. The monoisotopic (exact) mass is 206 g/mol. The minimum Gasteiger partial charge on any atom is -0.264 e. The molecular formula is C15H12N. The molecule has 0 N–H and O–H groups in total. The van der Waals surface area contributed by atoms with E-state index >= 15 is 0 Å². The van der Waals surface area contributed by atoms with Gasteiger partial charge in [-0.15, -0.1) is 0 Å². The summed E-state index contributed by atoms with van der Waals surface area (Å²) in [4.78, 5) is 4.19. The molecule has 77 valence electrons. The molecule has 16 heavy (non-hydrogen) atoms. The third-order valence-corrected chi connectivity index (χ3v) is 2.95. The zero-order valence-corrected chi connectivity index (χ0v) is 9.14. The lowest BCUT2D eigenvalue weighted by Gasteiger charge is -2.05. The number of rotatable bonds is 1. The van der Waals surface area contributed by atoms with Crippen molar-refractivity contribution in [3.63, 3.8) is 0 Å². The fourth-order valence-corrected chi connectivity index (χ4v) is 2.26. The smallest absolute Gasteiger partial charge is 0.0346 e. The second-order valence-corrected chi connectivity index (χ2v) is 4.03. The molecule has 0 amide bonds. The maximum atomic E-state index is 4.19. The molecule has 1 radical (unpaired) electrons. The number of pyridine rings is 1. The fourth-order valence-electron chi connectivity index (χ4n) is 2.26. The Morgan fingerprint density at radius 2 is 1.88 bits per heavy atom. The molecule has 0 fully saturated rings. The lowest BCUT2D eigenvalue weighted by Crippen LogP contribution is -1.87. The predicted octanol–water partition coefficient (Wildman–Crippen LogP) is 3.47. The number of aromatic nitrogens is 1. The van der Waals surface area contributed by atoms with Gasteiger partial charge < -0.3 is 0 Å². The van der Waals surface area contributed by atoms with Crippen LogP contribution in [-0.2, 0) is 0 Å². The molecule has 0 spiro atoms. The van der Waals surface area contributed by atoms with Crippen LogP contribution in [0.5, 0.6) is 0 Å². The Balaban J connectivity index is 2.19. The Hall–Kier alpha value is -1.89. The summed E-state index contributed by atoms with van der Waals surface area (Å²) in [5.74, 6) is 0. The normalized spacial score (nSPS) is 14.1. The third-order valence-electron chi connectivity index (χ3n) is 2.95. The predicted molar refractivity (Wildman–Crippen MR) is 65.8 cm³/mol. The Morgan fingerprint density at radius 1 is 1.00 bits per heavy atom. The molecule has 1 heterocycles. The van der Waals surface area contributed by atoms with Crippen LogP contribution < -0.4 is 0 Å². The molecule has 0 unspecified atom stereocenters. The maximum absolute atomic E-state index is 4.19. The fraction of sp³-hybridized carbons (Fsp3) is 0.0667. The van der Waals surface area contributed by atoms with Crippen LogP contribution in [0.2, 0.25) is 0 Å². The highest BCUT2D eigenvalue weighted by Crippen LogP contribution is 2.37. The molecular weight excluding hydrogens is 194 g/mol. The van der Waals surface area contributed by atoms with E-state index in [0.29, 0.717) is 0 Å². The molecule has 1 aliphatic rings. The van der Waals surface area contributed by atoms with Crippen molar-refractivity contribution in [3.05, 3.63) is 77.5 Å². The average Bonchev–Trinajstić information content (AvgIpc) is 2.66. The summed E-state index contributed by atoms with van der Waals surface area (Å²) in [6.45, 7) is 2.16. The highest BCUT2D eigenvalue weighted by molar-refractivity contribution is 5.89. The highest BCUT2D eigenvalue weighted by atomic mass is 14.6. The molecule has 0 aliphatic heterocycles. The van der Waals surface area contributed by atoms with Gasteiger partial charge in [0.25, 0.3) is 0 Å². The molecule has 0 saturated carbocycles. The van der Waals surface area contributed by atoms with Gasteiger partial charge in [0.05, 0.1) is 0 Å². The lowest BCUT2D eigenvalue weighted by molar-refractivity contribution is 1.30. The van der Waals surface area contributed by atoms with Crippen molar-refractivity contribution in [3.8, 4) is 0 Å². The second kappa shape index (κ2) is 3.60. The molecule has 2 aromatic rings. The first kappa shape index (κ1) is 9.34. The first-order valence-electron chi connectivity index (χ1n) is 5.42. The van der Waals surface area contributed by atoms with E-state index in [-0.39, 0.29) is 0 Å². The van der Waals surface area contributed by atoms with E-state index < -0.39 is 0 Å². The van der Waals surface area contributed by atoms with Crippen molar-refractivity contribution in [2.75, 3.05) is 0 Å². The molecule has 1 aromatic carbocycles. The SMILES string of the molecule is CC1=C(c2cccnc2)c2ccccc2[CH]1. The summed E-state index contributed by atoms with van der Waals surface area (Å²) in [6, 6.07) is 12.6. The summed E-state index contributed by atoms with van der Waals surface area (Å²) >= 11 is 0. The van der Waals surface area contributed by atoms with Crippen LogP contribution in [0.1, 0.15) is 23.6 Å². The summed E-state index contributed by atoms with van der Waals surface area (Å²) in [7, 11) is 0. The molecule has 0 bridgehead atoms. The zero-order chi connectivity index (χ0) is 11.0. The van der Waals surface area contributed by atoms with Gasteiger partial charge in [0.15, 0.2) is 0 Å². The first-order valence-corrected chi connectivity index (χ1v) is 5.42. The Kier molecular flexibility index (Phi) is 2.10. The van der Waals surface area contributed by atoms with Crippen LogP contribution in [0.3, 0.4) is 0 Å². The molecule has 0 atom stereocenters. The molecule has 1 aromatic heterocycles. The van der Waals surface area contributed by atoms with Gasteiger partial charge in [0.2, 0.25) is 0 Å². The largest absolute Gasteiger partial charge is 0.264 e. The van der Waals surface area contributed by atoms with Gasteiger partial charge in [-0.25, -0.2) is 0 Å². The number of nitrogens with zero attached hydrogens (tertiary/aromatic N) is 1. The van der Waals surface area contributed by atoms with Gasteiger partial charge in [0.1, 0.15) is 0 Å². The van der Waals surface area contributed by atoms with E-state index in [2.05, 4.69) is 48.7 Å². The quantitative estimate of drug-likeness (QED) is 0.696. The van der Waals surface area contributed by atoms with Gasteiger partial charge >= 0.3 is 0 Å². The summed E-state index contributed by atoms with van der Waals surface area (Å²) in [5, 5.41) is 0. The van der Waals surface area contributed by atoms with Crippen LogP contribution >= 0.6 is 0 Å². The van der Waals surface area contributed by atoms with Crippen LogP contribution in [0.25, 0.3) is 5.57 Å². The topological polar surface area (TPSA) is 12.9 Å². The molecule has 0 saturated heterocycles. The van der Waals surface area contributed by atoms with E-state index in [1.807, 2.05) is 18.5 Å². The number of benzene rings is 1. The van der Waals surface area contributed by atoms with Crippen molar-refractivity contribution in [1.29, 1.82) is 0 Å². The van der Waals surface area contributed by atoms with E-state index in [9.17, 15) is 0 Å². The molecule has 1 heteroatoms. The van der Waals surface area contributed by atoms with E-state index in [1.165, 1.54) is 27.8 Å². The van der Waals surface area contributed by atoms with Crippen molar-refractivity contribution in [2.24, 2.45) is 0 Å². The Bertz CT molecular complexity index is 553. The lowest BCUT2D eigenvalue weighted by atomic mass is 9.99. The van der Waals surface area contributed by atoms with Crippen molar-refractivity contribution in [1.82, 2.24) is 4.98 Å². The van der Waals surface area contributed by atoms with E-state index in [0.717, 1.165) is 0 Å². The van der Waals surface area contributed by atoms with E-state index in [1.54, 1.807) is 0 Å². The van der Waals surface area contributed by atoms with Crippen molar-refractivity contribution in [2.45, 2.75) is 6.92 Å². The van der Waals surface area contributed by atoms with Crippen LogP contribution in [0.15, 0.2) is 54.4 Å². The van der Waals surface area contributed by atoms with Crippen LogP contribution in [0, 0.1) is 6.42 Å². The van der Waals surface area contributed by atoms with Gasteiger partial charge in [0, 0.05) is 24.4 Å². The average molecular weight is 206 g/mol. The van der Waals surface area contributed by atoms with Crippen LogP contribution in [-0.4, -0.2) is 4.98 Å².